The third-order valence-electron chi connectivity index (χ3n) is 3.76. The van der Waals surface area contributed by atoms with Crippen LogP contribution in [-0.2, 0) is 9.47 Å². The SMILES string of the molecule is COC(C)(C)CNC1CCCC(NC(=O)OC(C)(C)C)C1. The fourth-order valence-corrected chi connectivity index (χ4v) is 2.44. The number of carbonyl (C=O) groups excluding carboxylic acids is 1. The van der Waals surface area contributed by atoms with Crippen LogP contribution in [0.5, 0.6) is 0 Å². The maximum Gasteiger partial charge on any atom is 0.407 e. The fraction of sp³-hybridized carbons (Fsp3) is 0.938. The molecule has 0 aromatic heterocycles. The summed E-state index contributed by atoms with van der Waals surface area (Å²) in [5, 5.41) is 6.53. The third-order valence-corrected chi connectivity index (χ3v) is 3.76. The summed E-state index contributed by atoms with van der Waals surface area (Å²) in [5.74, 6) is 0. The van der Waals surface area contributed by atoms with E-state index in [2.05, 4.69) is 24.5 Å². The Morgan fingerprint density at radius 2 is 1.76 bits per heavy atom. The summed E-state index contributed by atoms with van der Waals surface area (Å²) in [5.41, 5.74) is -0.607. The van der Waals surface area contributed by atoms with Crippen molar-refractivity contribution < 1.29 is 14.3 Å². The minimum atomic E-state index is -0.446. The van der Waals surface area contributed by atoms with E-state index in [0.717, 1.165) is 32.2 Å². The van der Waals surface area contributed by atoms with Crippen LogP contribution in [0.1, 0.15) is 60.3 Å². The normalized spacial score (nSPS) is 23.7. The monoisotopic (exact) mass is 300 g/mol. The number of hydrogen-bond donors (Lipinski definition) is 2. The summed E-state index contributed by atoms with van der Waals surface area (Å²) in [6.45, 7) is 10.6. The quantitative estimate of drug-likeness (QED) is 0.819. The molecule has 1 aliphatic carbocycles. The van der Waals surface area contributed by atoms with Crippen LogP contribution in [0.2, 0.25) is 0 Å². The van der Waals surface area contributed by atoms with Crippen molar-refractivity contribution in [3.8, 4) is 0 Å². The van der Waals surface area contributed by atoms with Crippen molar-refractivity contribution in [1.82, 2.24) is 10.6 Å². The van der Waals surface area contributed by atoms with Gasteiger partial charge in [0.2, 0.25) is 0 Å². The molecule has 124 valence electrons. The topological polar surface area (TPSA) is 59.6 Å². The third kappa shape index (κ3) is 7.67. The van der Waals surface area contributed by atoms with Crippen LogP contribution in [0.15, 0.2) is 0 Å². The summed E-state index contributed by atoms with van der Waals surface area (Å²) < 4.78 is 10.7. The molecular formula is C16H32N2O3. The first-order valence-electron chi connectivity index (χ1n) is 7.89. The van der Waals surface area contributed by atoms with Crippen LogP contribution in [0.25, 0.3) is 0 Å². The van der Waals surface area contributed by atoms with E-state index >= 15 is 0 Å². The molecular weight excluding hydrogens is 268 g/mol. The maximum absolute atomic E-state index is 11.8. The molecule has 1 rings (SSSR count). The summed E-state index contributed by atoms with van der Waals surface area (Å²) >= 11 is 0. The second-order valence-corrected chi connectivity index (χ2v) is 7.55. The molecule has 1 amide bonds. The lowest BCUT2D eigenvalue weighted by molar-refractivity contribution is 0.0191. The highest BCUT2D eigenvalue weighted by Crippen LogP contribution is 2.20. The van der Waals surface area contributed by atoms with Crippen LogP contribution >= 0.6 is 0 Å². The van der Waals surface area contributed by atoms with Gasteiger partial charge in [-0.2, -0.15) is 0 Å². The highest BCUT2D eigenvalue weighted by atomic mass is 16.6. The molecule has 0 bridgehead atoms. The molecule has 0 spiro atoms. The lowest BCUT2D eigenvalue weighted by Crippen LogP contribution is -2.48. The molecule has 21 heavy (non-hydrogen) atoms. The van der Waals surface area contributed by atoms with Gasteiger partial charge in [0.05, 0.1) is 5.60 Å². The van der Waals surface area contributed by atoms with Gasteiger partial charge >= 0.3 is 6.09 Å². The Morgan fingerprint density at radius 3 is 2.33 bits per heavy atom. The van der Waals surface area contributed by atoms with Crippen molar-refractivity contribution >= 4 is 6.09 Å². The van der Waals surface area contributed by atoms with Gasteiger partial charge in [-0.3, -0.25) is 0 Å². The van der Waals surface area contributed by atoms with E-state index in [-0.39, 0.29) is 17.7 Å². The van der Waals surface area contributed by atoms with Crippen LogP contribution in [0.4, 0.5) is 4.79 Å². The van der Waals surface area contributed by atoms with E-state index in [1.165, 1.54) is 0 Å². The van der Waals surface area contributed by atoms with Crippen molar-refractivity contribution in [3.63, 3.8) is 0 Å². The Balaban J connectivity index is 2.37. The highest BCUT2D eigenvalue weighted by molar-refractivity contribution is 5.68. The number of hydrogen-bond acceptors (Lipinski definition) is 4. The van der Waals surface area contributed by atoms with Gasteiger partial charge in [0.1, 0.15) is 5.60 Å². The summed E-state index contributed by atoms with van der Waals surface area (Å²) in [7, 11) is 1.73. The number of rotatable bonds is 5. The van der Waals surface area contributed by atoms with Crippen LogP contribution in [0.3, 0.4) is 0 Å². The molecule has 2 N–H and O–H groups in total. The first-order chi connectivity index (χ1) is 9.61. The molecule has 5 heteroatoms. The molecule has 0 radical (unpaired) electrons. The van der Waals surface area contributed by atoms with E-state index < -0.39 is 5.60 Å². The van der Waals surface area contributed by atoms with Crippen molar-refractivity contribution in [1.29, 1.82) is 0 Å². The summed E-state index contributed by atoms with van der Waals surface area (Å²) in [6, 6.07) is 0.616. The lowest BCUT2D eigenvalue weighted by atomic mass is 9.90. The van der Waals surface area contributed by atoms with Gasteiger partial charge in [-0.15, -0.1) is 0 Å². The molecule has 1 saturated carbocycles. The van der Waals surface area contributed by atoms with Gasteiger partial charge in [-0.05, 0) is 60.3 Å². The number of methoxy groups -OCH3 is 1. The summed E-state index contributed by atoms with van der Waals surface area (Å²) in [6.07, 6.45) is 3.91. The van der Waals surface area contributed by atoms with Crippen LogP contribution in [-0.4, -0.2) is 43.0 Å². The minimum absolute atomic E-state index is 0.161. The maximum atomic E-state index is 11.8. The van der Waals surface area contributed by atoms with Gasteiger partial charge in [-0.25, -0.2) is 4.79 Å². The predicted molar refractivity (Wildman–Crippen MR) is 84.5 cm³/mol. The molecule has 0 aromatic rings. The van der Waals surface area contributed by atoms with E-state index in [0.29, 0.717) is 6.04 Å². The van der Waals surface area contributed by atoms with Gasteiger partial charge in [0.25, 0.3) is 0 Å². The van der Waals surface area contributed by atoms with Crippen molar-refractivity contribution in [2.75, 3.05) is 13.7 Å². The number of ether oxygens (including phenoxy) is 2. The second-order valence-electron chi connectivity index (χ2n) is 7.55. The minimum Gasteiger partial charge on any atom is -0.444 e. The lowest BCUT2D eigenvalue weighted by Gasteiger charge is -2.33. The Labute approximate surface area is 129 Å². The molecule has 0 heterocycles. The Bertz CT molecular complexity index is 337. The Kier molecular flexibility index (Phi) is 6.47. The van der Waals surface area contributed by atoms with Gasteiger partial charge in [-0.1, -0.05) is 0 Å². The molecule has 0 saturated heterocycles. The molecule has 5 nitrogen and oxygen atoms in total. The van der Waals surface area contributed by atoms with E-state index in [9.17, 15) is 4.79 Å². The largest absolute Gasteiger partial charge is 0.444 e. The smallest absolute Gasteiger partial charge is 0.407 e. The van der Waals surface area contributed by atoms with Gasteiger partial charge in [0.15, 0.2) is 0 Å². The first-order valence-corrected chi connectivity index (χ1v) is 7.89. The Morgan fingerprint density at radius 1 is 1.14 bits per heavy atom. The van der Waals surface area contributed by atoms with Crippen LogP contribution in [0, 0.1) is 0 Å². The van der Waals surface area contributed by atoms with Crippen molar-refractivity contribution in [2.24, 2.45) is 0 Å². The Hall–Kier alpha value is -0.810. The van der Waals surface area contributed by atoms with E-state index in [1.807, 2.05) is 20.8 Å². The van der Waals surface area contributed by atoms with E-state index in [1.54, 1.807) is 7.11 Å². The fourth-order valence-electron chi connectivity index (χ4n) is 2.44. The van der Waals surface area contributed by atoms with Crippen LogP contribution < -0.4 is 10.6 Å². The molecule has 0 aliphatic heterocycles. The average Bonchev–Trinajstić information content (AvgIpc) is 2.34. The highest BCUT2D eigenvalue weighted by Gasteiger charge is 2.26. The van der Waals surface area contributed by atoms with Gasteiger partial charge in [0, 0.05) is 25.7 Å². The molecule has 1 aliphatic rings. The zero-order valence-corrected chi connectivity index (χ0v) is 14.4. The zero-order valence-electron chi connectivity index (χ0n) is 14.4. The number of amides is 1. The number of nitrogens with one attached hydrogen (secondary N) is 2. The zero-order chi connectivity index (χ0) is 16.1. The van der Waals surface area contributed by atoms with E-state index in [4.69, 9.17) is 9.47 Å². The number of carbonyl (C=O) groups is 1. The first kappa shape index (κ1) is 18.2. The molecule has 2 unspecified atom stereocenters. The molecule has 1 fully saturated rings. The molecule has 2 atom stereocenters. The average molecular weight is 300 g/mol. The standard InChI is InChI=1S/C16H32N2O3/c1-15(2,3)21-14(19)18-13-9-7-8-12(10-13)17-11-16(4,5)20-6/h12-13,17H,7-11H2,1-6H3,(H,18,19). The van der Waals surface area contributed by atoms with Gasteiger partial charge < -0.3 is 20.1 Å². The number of alkyl carbamates (subject to hydrolysis) is 1. The van der Waals surface area contributed by atoms with Crippen molar-refractivity contribution in [3.05, 3.63) is 0 Å². The second kappa shape index (κ2) is 7.45. The predicted octanol–water partition coefficient (Wildman–Crippen LogP) is 2.84. The van der Waals surface area contributed by atoms with Crippen molar-refractivity contribution in [2.45, 2.75) is 83.6 Å². The summed E-state index contributed by atoms with van der Waals surface area (Å²) in [4.78, 5) is 11.8. The molecule has 0 aromatic carbocycles.